The van der Waals surface area contributed by atoms with Crippen LogP contribution in [0.25, 0.3) is 28.4 Å². The molecular formula is C52H65BrN3Y-. The normalized spacial score (nSPS) is 11.4. The molecule has 0 atom stereocenters. The van der Waals surface area contributed by atoms with Gasteiger partial charge in [-0.05, 0) is 104 Å². The predicted molar refractivity (Wildman–Crippen MR) is 252 cm³/mol. The Morgan fingerprint density at radius 3 is 1.28 bits per heavy atom. The van der Waals surface area contributed by atoms with Gasteiger partial charge in [0.15, 0.2) is 0 Å². The van der Waals surface area contributed by atoms with E-state index in [1.807, 2.05) is 24.3 Å². The molecule has 0 amide bonds. The molecule has 0 saturated carbocycles. The SMILES string of the molecule is CC(C)(C)c1ccc(N)c(-c2ccccc2)c1.CC(C)(C)c1cccc(Br)c1.CC(C)(C)c1cccc(Nc2ccc(C(C)(C)C)cc2-c2ccccc2)c1.[NH2-].[Y]. The van der Waals surface area contributed by atoms with E-state index in [9.17, 15) is 0 Å². The summed E-state index contributed by atoms with van der Waals surface area (Å²) in [5.74, 6) is 0. The molecule has 57 heavy (non-hydrogen) atoms. The van der Waals surface area contributed by atoms with Gasteiger partial charge in [0.2, 0.25) is 0 Å². The maximum Gasteiger partial charge on any atom is 0.0464 e. The minimum Gasteiger partial charge on any atom is -0.693 e. The van der Waals surface area contributed by atoms with E-state index in [2.05, 4.69) is 226 Å². The molecule has 6 aromatic rings. The average molecular weight is 901 g/mol. The third-order valence-electron chi connectivity index (χ3n) is 9.67. The zero-order chi connectivity index (χ0) is 40.6. The second-order valence-electron chi connectivity index (χ2n) is 18.5. The van der Waals surface area contributed by atoms with E-state index < -0.39 is 0 Å². The van der Waals surface area contributed by atoms with Gasteiger partial charge in [0.25, 0.3) is 0 Å². The predicted octanol–water partition coefficient (Wildman–Crippen LogP) is 16.4. The number of nitrogen functional groups attached to an aromatic ring is 1. The Balaban J connectivity index is 0.000000320. The zero-order valence-corrected chi connectivity index (χ0v) is 40.9. The van der Waals surface area contributed by atoms with Crippen molar-refractivity contribution in [3.63, 3.8) is 0 Å². The molecule has 0 aromatic heterocycles. The van der Waals surface area contributed by atoms with Crippen LogP contribution in [0, 0.1) is 0 Å². The number of hydrogen-bond donors (Lipinski definition) is 2. The second kappa shape index (κ2) is 20.9. The van der Waals surface area contributed by atoms with Gasteiger partial charge in [-0.1, -0.05) is 196 Å². The van der Waals surface area contributed by atoms with E-state index in [0.717, 1.165) is 27.1 Å². The number of anilines is 3. The first kappa shape index (κ1) is 49.6. The average Bonchev–Trinajstić information content (AvgIpc) is 3.12. The van der Waals surface area contributed by atoms with Crippen molar-refractivity contribution in [3.8, 4) is 22.3 Å². The third-order valence-corrected chi connectivity index (χ3v) is 10.2. The minimum atomic E-state index is 0. The fourth-order valence-electron chi connectivity index (χ4n) is 6.04. The fourth-order valence-corrected chi connectivity index (χ4v) is 6.44. The van der Waals surface area contributed by atoms with Gasteiger partial charge >= 0.3 is 0 Å². The summed E-state index contributed by atoms with van der Waals surface area (Å²) < 4.78 is 1.16. The summed E-state index contributed by atoms with van der Waals surface area (Å²) >= 11 is 3.45. The van der Waals surface area contributed by atoms with Gasteiger partial charge in [-0.15, -0.1) is 0 Å². The Morgan fingerprint density at radius 1 is 0.421 bits per heavy atom. The van der Waals surface area contributed by atoms with Gasteiger partial charge < -0.3 is 17.2 Å². The molecule has 0 spiro atoms. The molecule has 0 bridgehead atoms. The largest absolute Gasteiger partial charge is 0.693 e. The van der Waals surface area contributed by atoms with Gasteiger partial charge in [-0.3, -0.25) is 0 Å². The molecule has 299 valence electrons. The molecule has 5 N–H and O–H groups in total. The van der Waals surface area contributed by atoms with Crippen LogP contribution in [-0.2, 0) is 54.4 Å². The number of halogens is 1. The molecule has 3 nitrogen and oxygen atoms in total. The van der Waals surface area contributed by atoms with Crippen LogP contribution in [0.5, 0.6) is 0 Å². The van der Waals surface area contributed by atoms with Crippen molar-refractivity contribution in [2.45, 2.75) is 105 Å². The van der Waals surface area contributed by atoms with Gasteiger partial charge in [0, 0.05) is 65.4 Å². The molecule has 6 rings (SSSR count). The van der Waals surface area contributed by atoms with Crippen molar-refractivity contribution in [2.24, 2.45) is 0 Å². The van der Waals surface area contributed by atoms with Crippen molar-refractivity contribution in [1.82, 2.24) is 0 Å². The Labute approximate surface area is 379 Å². The van der Waals surface area contributed by atoms with E-state index in [1.54, 1.807) is 0 Å². The number of rotatable bonds is 4. The van der Waals surface area contributed by atoms with Crippen LogP contribution in [0.2, 0.25) is 0 Å². The first-order chi connectivity index (χ1) is 25.6. The smallest absolute Gasteiger partial charge is 0.0464 e. The third kappa shape index (κ3) is 15.0. The second-order valence-corrected chi connectivity index (χ2v) is 19.4. The summed E-state index contributed by atoms with van der Waals surface area (Å²) in [5.41, 5.74) is 20.0. The maximum atomic E-state index is 6.06. The van der Waals surface area contributed by atoms with Crippen LogP contribution >= 0.6 is 15.9 Å². The Morgan fingerprint density at radius 2 is 0.825 bits per heavy atom. The molecule has 0 saturated heterocycles. The molecule has 0 unspecified atom stereocenters. The summed E-state index contributed by atoms with van der Waals surface area (Å²) in [6.07, 6.45) is 0. The van der Waals surface area contributed by atoms with E-state index >= 15 is 0 Å². The summed E-state index contributed by atoms with van der Waals surface area (Å²) in [6.45, 7) is 26.8. The number of benzene rings is 6. The Kier molecular flexibility index (Phi) is 18.2. The molecule has 5 heteroatoms. The van der Waals surface area contributed by atoms with Crippen LogP contribution in [0.3, 0.4) is 0 Å². The molecule has 6 aromatic carbocycles. The summed E-state index contributed by atoms with van der Waals surface area (Å²) in [6, 6.07) is 51.2. The van der Waals surface area contributed by atoms with Gasteiger partial charge in [0.05, 0.1) is 0 Å². The van der Waals surface area contributed by atoms with Crippen molar-refractivity contribution >= 4 is 33.0 Å². The Hall–Kier alpha value is -3.54. The molecule has 0 fully saturated rings. The maximum absolute atomic E-state index is 6.06. The topological polar surface area (TPSA) is 71.5 Å². The first-order valence-electron chi connectivity index (χ1n) is 19.4. The molecular weight excluding hydrogens is 835 g/mol. The van der Waals surface area contributed by atoms with Crippen molar-refractivity contribution in [3.05, 3.63) is 178 Å². The number of hydrogen-bond acceptors (Lipinski definition) is 2. The quantitative estimate of drug-likeness (QED) is 0.173. The van der Waals surface area contributed by atoms with E-state index in [0.29, 0.717) is 0 Å². The number of nitrogens with one attached hydrogen (secondary N) is 1. The fraction of sp³-hybridized carbons (Fsp3) is 0.308. The summed E-state index contributed by atoms with van der Waals surface area (Å²) in [7, 11) is 0. The summed E-state index contributed by atoms with van der Waals surface area (Å²) in [4.78, 5) is 0. The minimum absolute atomic E-state index is 0. The van der Waals surface area contributed by atoms with E-state index in [1.165, 1.54) is 38.9 Å². The first-order valence-corrected chi connectivity index (χ1v) is 20.2. The van der Waals surface area contributed by atoms with Crippen LogP contribution in [0.15, 0.2) is 150 Å². The van der Waals surface area contributed by atoms with Crippen molar-refractivity contribution < 1.29 is 32.7 Å². The molecule has 0 heterocycles. The molecule has 0 aliphatic carbocycles. The number of nitrogens with two attached hydrogens (primary N) is 2. The monoisotopic (exact) mass is 899 g/mol. The molecule has 1 radical (unpaired) electrons. The van der Waals surface area contributed by atoms with Crippen LogP contribution in [0.1, 0.15) is 105 Å². The van der Waals surface area contributed by atoms with Gasteiger partial charge in [-0.25, -0.2) is 0 Å². The summed E-state index contributed by atoms with van der Waals surface area (Å²) in [5, 5.41) is 3.66. The van der Waals surface area contributed by atoms with Gasteiger partial charge in [0.1, 0.15) is 0 Å². The van der Waals surface area contributed by atoms with Crippen molar-refractivity contribution in [1.29, 1.82) is 0 Å². The van der Waals surface area contributed by atoms with Gasteiger partial charge in [-0.2, -0.15) is 0 Å². The molecule has 0 aliphatic heterocycles. The van der Waals surface area contributed by atoms with Crippen LogP contribution in [-0.4, -0.2) is 0 Å². The van der Waals surface area contributed by atoms with Crippen LogP contribution in [0.4, 0.5) is 17.1 Å². The zero-order valence-electron chi connectivity index (χ0n) is 36.5. The van der Waals surface area contributed by atoms with Crippen molar-refractivity contribution in [2.75, 3.05) is 11.1 Å². The van der Waals surface area contributed by atoms with Crippen LogP contribution < -0.4 is 11.1 Å². The van der Waals surface area contributed by atoms with E-state index in [4.69, 9.17) is 5.73 Å². The Bertz CT molecular complexity index is 2130. The van der Waals surface area contributed by atoms with E-state index in [-0.39, 0.29) is 60.5 Å². The molecule has 0 aliphatic rings. The standard InChI is InChI=1S/C26H31N.C16H19N.C10H13Br.H2N.Y/c1-25(2,3)20-13-10-14-22(17-20)27-24-16-15-21(26(4,5)6)18-23(24)19-11-8-7-9-12-19;1-16(2,3)13-9-10-15(17)14(11-13)12-7-5-4-6-8-12;1-10(2,3)8-5-4-6-9(11)7-8;;/h7-18,27H,1-6H3;4-11H,17H2,1-3H3;4-7H,1-3H3;1H2;/q;;;-1;.